The van der Waals surface area contributed by atoms with Gasteiger partial charge >= 0.3 is 0 Å². The zero-order valence-corrected chi connectivity index (χ0v) is 14.2. The number of aromatic nitrogens is 1. The third-order valence-corrected chi connectivity index (χ3v) is 5.54. The van der Waals surface area contributed by atoms with Gasteiger partial charge < -0.3 is 10.4 Å². The summed E-state index contributed by atoms with van der Waals surface area (Å²) in [6.45, 7) is 1.99. The molecule has 24 heavy (non-hydrogen) atoms. The lowest BCUT2D eigenvalue weighted by atomic mass is 9.88. The van der Waals surface area contributed by atoms with Gasteiger partial charge in [0.2, 0.25) is 0 Å². The first-order chi connectivity index (χ1) is 11.8. The number of pyridine rings is 1. The zero-order valence-electron chi connectivity index (χ0n) is 14.2. The number of fused-ring (bicyclic) bond motifs is 1. The summed E-state index contributed by atoms with van der Waals surface area (Å²) >= 11 is 0. The number of benzene rings is 1. The monoisotopic (exact) mass is 322 g/mol. The van der Waals surface area contributed by atoms with Crippen molar-refractivity contribution in [2.75, 3.05) is 13.1 Å². The molecule has 0 amide bonds. The van der Waals surface area contributed by atoms with Crippen LogP contribution < -0.4 is 5.32 Å². The number of aryl methyl sites for hydroxylation is 2. The average Bonchev–Trinajstić information content (AvgIpc) is 2.68. The quantitative estimate of drug-likeness (QED) is 0.906. The van der Waals surface area contributed by atoms with Gasteiger partial charge in [-0.05, 0) is 67.8 Å². The van der Waals surface area contributed by atoms with Crippen LogP contribution in [0.25, 0.3) is 11.1 Å². The van der Waals surface area contributed by atoms with Gasteiger partial charge in [-0.2, -0.15) is 0 Å². The first-order valence-corrected chi connectivity index (χ1v) is 9.28. The Bertz CT molecular complexity index is 689. The number of hydrogen-bond donors (Lipinski definition) is 2. The molecular formula is C21H26N2O. The van der Waals surface area contributed by atoms with E-state index >= 15 is 0 Å². The number of rotatable bonds is 3. The maximum atomic E-state index is 10.6. The van der Waals surface area contributed by atoms with Gasteiger partial charge in [-0.25, -0.2) is 0 Å². The molecular weight excluding hydrogens is 296 g/mol. The van der Waals surface area contributed by atoms with Crippen LogP contribution in [0.3, 0.4) is 0 Å². The fraction of sp³-hybridized carbons (Fsp3) is 0.476. The molecule has 2 N–H and O–H groups in total. The van der Waals surface area contributed by atoms with Crippen molar-refractivity contribution in [3.63, 3.8) is 0 Å². The van der Waals surface area contributed by atoms with Crippen LogP contribution in [-0.2, 0) is 12.8 Å². The molecule has 2 heterocycles. The van der Waals surface area contributed by atoms with Crippen molar-refractivity contribution in [2.24, 2.45) is 5.92 Å². The maximum absolute atomic E-state index is 10.6. The summed E-state index contributed by atoms with van der Waals surface area (Å²) in [5.74, 6) is 0.329. The maximum Gasteiger partial charge on any atom is 0.0830 e. The molecule has 0 bridgehead atoms. The van der Waals surface area contributed by atoms with E-state index in [0.29, 0.717) is 5.92 Å². The lowest BCUT2D eigenvalue weighted by molar-refractivity contribution is 0.0922. The average molecular weight is 322 g/mol. The molecule has 0 spiro atoms. The minimum atomic E-state index is -0.367. The number of nitrogens with one attached hydrogen (secondary N) is 1. The number of piperidine rings is 1. The van der Waals surface area contributed by atoms with Gasteiger partial charge in [-0.1, -0.05) is 24.3 Å². The highest BCUT2D eigenvalue weighted by Crippen LogP contribution is 2.30. The van der Waals surface area contributed by atoms with Crippen LogP contribution in [0, 0.1) is 5.92 Å². The van der Waals surface area contributed by atoms with Crippen LogP contribution in [0.5, 0.6) is 0 Å². The molecule has 126 valence electrons. The molecule has 3 heteroatoms. The topological polar surface area (TPSA) is 45.2 Å². The molecule has 1 aromatic heterocycles. The molecule has 0 radical (unpaired) electrons. The van der Waals surface area contributed by atoms with E-state index in [-0.39, 0.29) is 6.10 Å². The molecule has 1 saturated heterocycles. The summed E-state index contributed by atoms with van der Waals surface area (Å²) in [5, 5.41) is 14.0. The van der Waals surface area contributed by atoms with E-state index in [1.54, 1.807) is 0 Å². The summed E-state index contributed by atoms with van der Waals surface area (Å²) in [6.07, 6.45) is 8.71. The van der Waals surface area contributed by atoms with E-state index < -0.39 is 0 Å². The molecule has 1 aromatic carbocycles. The van der Waals surface area contributed by atoms with E-state index in [4.69, 9.17) is 0 Å². The Balaban J connectivity index is 1.53. The number of hydrogen-bond acceptors (Lipinski definition) is 3. The van der Waals surface area contributed by atoms with Gasteiger partial charge in [-0.15, -0.1) is 0 Å². The van der Waals surface area contributed by atoms with Crippen molar-refractivity contribution in [1.82, 2.24) is 10.3 Å². The molecule has 2 aromatic rings. The highest BCUT2D eigenvalue weighted by Gasteiger charge is 2.22. The molecule has 1 fully saturated rings. The highest BCUT2D eigenvalue weighted by molar-refractivity contribution is 5.64. The van der Waals surface area contributed by atoms with E-state index in [1.807, 2.05) is 6.20 Å². The van der Waals surface area contributed by atoms with Gasteiger partial charge in [0.1, 0.15) is 0 Å². The molecule has 3 nitrogen and oxygen atoms in total. The van der Waals surface area contributed by atoms with Crippen molar-refractivity contribution in [3.05, 3.63) is 53.3 Å². The highest BCUT2D eigenvalue weighted by atomic mass is 16.3. The minimum absolute atomic E-state index is 0.329. The van der Waals surface area contributed by atoms with Crippen molar-refractivity contribution in [1.29, 1.82) is 0 Å². The Morgan fingerprint density at radius 2 is 1.88 bits per heavy atom. The molecule has 2 unspecified atom stereocenters. The van der Waals surface area contributed by atoms with Crippen LogP contribution >= 0.6 is 0 Å². The SMILES string of the molecule is OC(c1ccc(-c2cnc3c(c2)CCCC3)cc1)C1CCCNC1. The first kappa shape index (κ1) is 15.8. The molecule has 1 aliphatic carbocycles. The largest absolute Gasteiger partial charge is 0.388 e. The second-order valence-corrected chi connectivity index (χ2v) is 7.21. The number of aliphatic hydroxyl groups is 1. The Labute approximate surface area is 144 Å². The standard InChI is InChI=1S/C21H26N2O/c24-21(18-5-3-11-22-13-18)16-9-7-15(8-10-16)19-12-17-4-1-2-6-20(17)23-14-19/h7-10,12,14,18,21-22,24H,1-6,11,13H2. The summed E-state index contributed by atoms with van der Waals surface area (Å²) in [4.78, 5) is 4.67. The molecule has 2 atom stereocenters. The second kappa shape index (κ2) is 7.04. The third kappa shape index (κ3) is 3.24. The van der Waals surface area contributed by atoms with Gasteiger partial charge in [0.15, 0.2) is 0 Å². The molecule has 1 aliphatic heterocycles. The number of nitrogens with zero attached hydrogens (tertiary/aromatic N) is 1. The Morgan fingerprint density at radius 1 is 1.04 bits per heavy atom. The van der Waals surface area contributed by atoms with E-state index in [0.717, 1.165) is 44.3 Å². The van der Waals surface area contributed by atoms with Gasteiger partial charge in [-0.3, -0.25) is 4.98 Å². The van der Waals surface area contributed by atoms with E-state index in [9.17, 15) is 5.11 Å². The van der Waals surface area contributed by atoms with Crippen molar-refractivity contribution in [2.45, 2.75) is 44.6 Å². The van der Waals surface area contributed by atoms with Crippen molar-refractivity contribution < 1.29 is 5.11 Å². The minimum Gasteiger partial charge on any atom is -0.388 e. The molecule has 0 saturated carbocycles. The van der Waals surface area contributed by atoms with E-state index in [2.05, 4.69) is 40.6 Å². The summed E-state index contributed by atoms with van der Waals surface area (Å²) < 4.78 is 0. The second-order valence-electron chi connectivity index (χ2n) is 7.21. The summed E-state index contributed by atoms with van der Waals surface area (Å²) in [7, 11) is 0. The van der Waals surface area contributed by atoms with Crippen molar-refractivity contribution >= 4 is 0 Å². The summed E-state index contributed by atoms with van der Waals surface area (Å²) in [5.41, 5.74) is 6.10. The zero-order chi connectivity index (χ0) is 16.4. The fourth-order valence-electron chi connectivity index (χ4n) is 4.04. The van der Waals surface area contributed by atoms with Crippen LogP contribution in [0.15, 0.2) is 36.5 Å². The van der Waals surface area contributed by atoms with Crippen LogP contribution in [-0.4, -0.2) is 23.2 Å². The third-order valence-electron chi connectivity index (χ3n) is 5.54. The normalized spacial score (nSPS) is 22.0. The van der Waals surface area contributed by atoms with Gasteiger partial charge in [0.05, 0.1) is 6.10 Å². The first-order valence-electron chi connectivity index (χ1n) is 9.28. The van der Waals surface area contributed by atoms with Crippen LogP contribution in [0.4, 0.5) is 0 Å². The Kier molecular flexibility index (Phi) is 4.63. The van der Waals surface area contributed by atoms with Gasteiger partial charge in [0.25, 0.3) is 0 Å². The van der Waals surface area contributed by atoms with Crippen LogP contribution in [0.2, 0.25) is 0 Å². The van der Waals surface area contributed by atoms with Crippen molar-refractivity contribution in [3.8, 4) is 11.1 Å². The van der Waals surface area contributed by atoms with Gasteiger partial charge in [0, 0.05) is 29.9 Å². The smallest absolute Gasteiger partial charge is 0.0830 e. The predicted octanol–water partition coefficient (Wildman–Crippen LogP) is 3.66. The Morgan fingerprint density at radius 3 is 2.67 bits per heavy atom. The molecule has 2 aliphatic rings. The molecule has 4 rings (SSSR count). The summed E-state index contributed by atoms with van der Waals surface area (Å²) in [6, 6.07) is 10.7. The number of aliphatic hydroxyl groups excluding tert-OH is 1. The lowest BCUT2D eigenvalue weighted by Crippen LogP contribution is -2.33. The Hall–Kier alpha value is -1.71. The van der Waals surface area contributed by atoms with E-state index in [1.165, 1.54) is 35.2 Å². The predicted molar refractivity (Wildman–Crippen MR) is 96.9 cm³/mol. The van der Waals surface area contributed by atoms with Crippen LogP contribution in [0.1, 0.15) is 48.6 Å². The lowest BCUT2D eigenvalue weighted by Gasteiger charge is -2.27. The fourth-order valence-corrected chi connectivity index (χ4v) is 4.04.